The van der Waals surface area contributed by atoms with E-state index in [1.165, 1.54) is 23.3 Å². The Labute approximate surface area is 198 Å². The second-order valence-corrected chi connectivity index (χ2v) is 12.2. The molecule has 0 aliphatic heterocycles. The van der Waals surface area contributed by atoms with Crippen molar-refractivity contribution in [1.29, 1.82) is 0 Å². The fraction of sp³-hybridized carbons (Fsp3) is 0.688. The van der Waals surface area contributed by atoms with Crippen molar-refractivity contribution in [3.8, 4) is 0 Å². The summed E-state index contributed by atoms with van der Waals surface area (Å²) in [6, 6.07) is -0.860. The van der Waals surface area contributed by atoms with Crippen LogP contribution in [0.2, 0.25) is 0 Å². The number of thiazole rings is 1. The van der Waals surface area contributed by atoms with Crippen molar-refractivity contribution >= 4 is 92.8 Å². The molecule has 1 aromatic heterocycles. The van der Waals surface area contributed by atoms with Crippen molar-refractivity contribution in [2.45, 2.75) is 46.9 Å². The topological polar surface area (TPSA) is 62.3 Å². The highest BCUT2D eigenvalue weighted by Gasteiger charge is 2.37. The molecule has 0 saturated heterocycles. The molecule has 0 fully saturated rings. The maximum Gasteiger partial charge on any atom is 0.243 e. The van der Waals surface area contributed by atoms with Gasteiger partial charge in [-0.1, -0.05) is 83.5 Å². The van der Waals surface area contributed by atoms with E-state index in [0.717, 1.165) is 5.01 Å². The number of carbonyl (C=O) groups excluding carboxylic acids is 2. The molecular formula is C16H21Cl6N3O2S. The lowest BCUT2D eigenvalue weighted by Crippen LogP contribution is -2.49. The van der Waals surface area contributed by atoms with Gasteiger partial charge < -0.3 is 10.2 Å². The summed E-state index contributed by atoms with van der Waals surface area (Å²) < 4.78 is -3.17. The van der Waals surface area contributed by atoms with Crippen LogP contribution in [0.3, 0.4) is 0 Å². The molecule has 12 heteroatoms. The minimum atomic E-state index is -1.59. The molecule has 160 valence electrons. The zero-order valence-electron chi connectivity index (χ0n) is 15.4. The Balaban J connectivity index is 2.91. The van der Waals surface area contributed by atoms with Crippen molar-refractivity contribution in [1.82, 2.24) is 15.2 Å². The van der Waals surface area contributed by atoms with Crippen molar-refractivity contribution in [2.75, 3.05) is 7.05 Å². The summed E-state index contributed by atoms with van der Waals surface area (Å²) in [5.74, 6) is -1.77. The summed E-state index contributed by atoms with van der Waals surface area (Å²) in [5, 5.41) is 5.31. The SMILES string of the molecule is CC(CC(=O)N(C)[C@@H](C[C@@H](C)C(Cl)(Cl)Cl)C(=O)NCc1nccs1)C(Cl)(Cl)Cl. The van der Waals surface area contributed by atoms with Gasteiger partial charge in [-0.2, -0.15) is 0 Å². The molecule has 2 amide bonds. The van der Waals surface area contributed by atoms with Crippen LogP contribution in [0.25, 0.3) is 0 Å². The largest absolute Gasteiger partial charge is 0.348 e. The Morgan fingerprint density at radius 3 is 2.18 bits per heavy atom. The standard InChI is InChI=1S/C16H21Cl6N3O2S/c1-9(15(17,18)19)6-11(14(27)24-8-12-23-4-5-28-12)25(3)13(26)7-10(2)16(20,21)22/h4-5,9-11H,6-8H2,1-3H3,(H,24,27)/t9-,10?,11+/m1/s1. The van der Waals surface area contributed by atoms with Gasteiger partial charge in [0, 0.05) is 36.9 Å². The second-order valence-electron chi connectivity index (χ2n) is 6.49. The molecule has 0 spiro atoms. The van der Waals surface area contributed by atoms with E-state index in [-0.39, 0.29) is 31.2 Å². The third-order valence-electron chi connectivity index (χ3n) is 4.24. The third kappa shape index (κ3) is 8.58. The van der Waals surface area contributed by atoms with Crippen molar-refractivity contribution < 1.29 is 9.59 Å². The first-order chi connectivity index (χ1) is 12.7. The molecule has 1 heterocycles. The Morgan fingerprint density at radius 1 is 1.14 bits per heavy atom. The molecule has 0 aromatic carbocycles. The van der Waals surface area contributed by atoms with Crippen LogP contribution in [0.1, 0.15) is 31.7 Å². The summed E-state index contributed by atoms with van der Waals surface area (Å²) in [6.45, 7) is 3.57. The van der Waals surface area contributed by atoms with E-state index in [2.05, 4.69) is 10.3 Å². The zero-order chi connectivity index (χ0) is 21.7. The molecule has 0 aliphatic carbocycles. The van der Waals surface area contributed by atoms with Gasteiger partial charge in [-0.25, -0.2) is 4.98 Å². The monoisotopic (exact) mass is 529 g/mol. The lowest BCUT2D eigenvalue weighted by molar-refractivity contribution is -0.140. The second kappa shape index (κ2) is 11.1. The number of hydrogen-bond acceptors (Lipinski definition) is 4. The van der Waals surface area contributed by atoms with Gasteiger partial charge in [0.15, 0.2) is 7.59 Å². The van der Waals surface area contributed by atoms with Crippen LogP contribution in [-0.2, 0) is 16.1 Å². The molecule has 0 bridgehead atoms. The van der Waals surface area contributed by atoms with Crippen LogP contribution >= 0.6 is 80.9 Å². The molecule has 0 aliphatic rings. The quantitative estimate of drug-likeness (QED) is 0.458. The number of rotatable bonds is 8. The highest BCUT2D eigenvalue weighted by Crippen LogP contribution is 2.39. The molecule has 1 N–H and O–H groups in total. The Kier molecular flexibility index (Phi) is 10.4. The molecular weight excluding hydrogens is 511 g/mol. The summed E-state index contributed by atoms with van der Waals surface area (Å²) >= 11 is 36.8. The molecule has 0 saturated carbocycles. The van der Waals surface area contributed by atoms with Gasteiger partial charge >= 0.3 is 0 Å². The van der Waals surface area contributed by atoms with Gasteiger partial charge in [0.1, 0.15) is 11.0 Å². The van der Waals surface area contributed by atoms with Gasteiger partial charge in [-0.05, 0) is 6.42 Å². The maximum atomic E-state index is 12.8. The van der Waals surface area contributed by atoms with Gasteiger partial charge in [0.2, 0.25) is 11.8 Å². The Hall–Kier alpha value is 0.310. The van der Waals surface area contributed by atoms with E-state index in [0.29, 0.717) is 0 Å². The smallest absolute Gasteiger partial charge is 0.243 e. The first-order valence-electron chi connectivity index (χ1n) is 8.28. The predicted molar refractivity (Wildman–Crippen MR) is 119 cm³/mol. The van der Waals surface area contributed by atoms with Gasteiger partial charge in [0.05, 0.1) is 6.54 Å². The number of nitrogens with zero attached hydrogens (tertiary/aromatic N) is 2. The van der Waals surface area contributed by atoms with Crippen LogP contribution in [0, 0.1) is 11.8 Å². The fourth-order valence-electron chi connectivity index (χ4n) is 2.23. The molecule has 1 rings (SSSR count). The Bertz CT molecular complexity index is 648. The van der Waals surface area contributed by atoms with Crippen molar-refractivity contribution in [3.05, 3.63) is 16.6 Å². The number of nitrogens with one attached hydrogen (secondary N) is 1. The average molecular weight is 532 g/mol. The van der Waals surface area contributed by atoms with E-state index in [9.17, 15) is 9.59 Å². The van der Waals surface area contributed by atoms with Crippen LogP contribution in [-0.4, -0.2) is 42.4 Å². The number of carbonyl (C=O) groups is 2. The lowest BCUT2D eigenvalue weighted by atomic mass is 10.00. The van der Waals surface area contributed by atoms with Gasteiger partial charge in [0.25, 0.3) is 0 Å². The first-order valence-corrected chi connectivity index (χ1v) is 11.4. The van der Waals surface area contributed by atoms with Crippen molar-refractivity contribution in [2.24, 2.45) is 11.8 Å². The highest BCUT2D eigenvalue weighted by molar-refractivity contribution is 7.09. The van der Waals surface area contributed by atoms with E-state index in [1.54, 1.807) is 25.4 Å². The number of halogens is 6. The minimum absolute atomic E-state index is 0.0502. The summed E-state index contributed by atoms with van der Waals surface area (Å²) in [4.78, 5) is 30.9. The number of likely N-dealkylation sites (N-methyl/N-ethyl adjacent to an activating group) is 1. The van der Waals surface area contributed by atoms with Gasteiger partial charge in [-0.3, -0.25) is 9.59 Å². The molecule has 1 aromatic rings. The molecule has 5 nitrogen and oxygen atoms in total. The van der Waals surface area contributed by atoms with Crippen LogP contribution in [0.4, 0.5) is 0 Å². The predicted octanol–water partition coefficient (Wildman–Crippen LogP) is 5.38. The van der Waals surface area contributed by atoms with Gasteiger partial charge in [-0.15, -0.1) is 11.3 Å². The van der Waals surface area contributed by atoms with E-state index in [4.69, 9.17) is 69.6 Å². The lowest BCUT2D eigenvalue weighted by Gasteiger charge is -2.32. The molecule has 3 atom stereocenters. The number of alkyl halides is 6. The van der Waals surface area contributed by atoms with Crippen LogP contribution in [0.5, 0.6) is 0 Å². The average Bonchev–Trinajstić information content (AvgIpc) is 3.08. The summed E-state index contributed by atoms with van der Waals surface area (Å²) in [6.07, 6.45) is 1.73. The minimum Gasteiger partial charge on any atom is -0.348 e. The third-order valence-corrected chi connectivity index (χ3v) is 7.25. The maximum absolute atomic E-state index is 12.8. The number of hydrogen-bond donors (Lipinski definition) is 1. The first kappa shape index (κ1) is 26.3. The van der Waals surface area contributed by atoms with Crippen molar-refractivity contribution in [3.63, 3.8) is 0 Å². The summed E-state index contributed by atoms with van der Waals surface area (Å²) in [5.41, 5.74) is 0. The fourth-order valence-corrected chi connectivity index (χ4v) is 3.28. The normalized spacial score (nSPS) is 15.6. The molecule has 0 radical (unpaired) electrons. The van der Waals surface area contributed by atoms with E-state index in [1.807, 2.05) is 0 Å². The Morgan fingerprint density at radius 2 is 1.71 bits per heavy atom. The summed E-state index contributed by atoms with van der Waals surface area (Å²) in [7, 11) is 1.51. The molecule has 28 heavy (non-hydrogen) atoms. The molecule has 1 unspecified atom stereocenters. The van der Waals surface area contributed by atoms with Crippen LogP contribution < -0.4 is 5.32 Å². The number of amides is 2. The van der Waals surface area contributed by atoms with E-state index >= 15 is 0 Å². The van der Waals surface area contributed by atoms with E-state index < -0.39 is 25.5 Å². The highest BCUT2D eigenvalue weighted by atomic mass is 35.6. The van der Waals surface area contributed by atoms with Crippen LogP contribution in [0.15, 0.2) is 11.6 Å². The zero-order valence-corrected chi connectivity index (χ0v) is 20.7. The number of aromatic nitrogens is 1.